The summed E-state index contributed by atoms with van der Waals surface area (Å²) in [7, 11) is 0. The van der Waals surface area contributed by atoms with Gasteiger partial charge in [-0.2, -0.15) is 25.3 Å². The molecule has 11 heteroatoms. The van der Waals surface area contributed by atoms with Crippen LogP contribution in [0.4, 0.5) is 11.4 Å². The Morgan fingerprint density at radius 1 is 1.00 bits per heavy atom. The van der Waals surface area contributed by atoms with Gasteiger partial charge in [0, 0.05) is 29.8 Å². The second kappa shape index (κ2) is 7.37. The molecule has 2 unspecified atom stereocenters. The van der Waals surface area contributed by atoms with Gasteiger partial charge in [-0.3, -0.25) is 0 Å². The fourth-order valence-electron chi connectivity index (χ4n) is 2.18. The van der Waals surface area contributed by atoms with Crippen LogP contribution in [-0.4, -0.2) is 31.5 Å². The maximum Gasteiger partial charge on any atom is 0.364 e. The van der Waals surface area contributed by atoms with Crippen molar-refractivity contribution in [3.8, 4) is 11.4 Å². The zero-order valence-electron chi connectivity index (χ0n) is 13.2. The highest BCUT2D eigenvalue weighted by molar-refractivity contribution is 5.80. The maximum atomic E-state index is 11.9. The molecule has 0 aliphatic carbocycles. The molecule has 0 saturated carbocycles. The summed E-state index contributed by atoms with van der Waals surface area (Å²) in [6.45, 7) is 0. The summed E-state index contributed by atoms with van der Waals surface area (Å²) >= 11 is 0. The summed E-state index contributed by atoms with van der Waals surface area (Å²) in [5.41, 5.74) is 0.782. The number of hydrogen-bond donors (Lipinski definition) is 5. The first-order valence-electron chi connectivity index (χ1n) is 7.34. The topological polar surface area (TPSA) is 158 Å². The van der Waals surface area contributed by atoms with Crippen LogP contribution in [0, 0.1) is 10.4 Å². The number of nitrogens with one attached hydrogen (secondary N) is 3. The lowest BCUT2D eigenvalue weighted by Crippen LogP contribution is -2.99. The number of rotatable bonds is 5. The van der Waals surface area contributed by atoms with Crippen molar-refractivity contribution >= 4 is 17.6 Å². The third kappa shape index (κ3) is 3.73. The van der Waals surface area contributed by atoms with Crippen molar-refractivity contribution in [3.05, 3.63) is 75.0 Å². The summed E-state index contributed by atoms with van der Waals surface area (Å²) in [6, 6.07) is 11.8. The Bertz CT molecular complexity index is 959. The number of aromatic nitrogens is 3. The average molecular weight is 358 g/mol. The van der Waals surface area contributed by atoms with Crippen LogP contribution in [0.3, 0.4) is 0 Å². The minimum atomic E-state index is -1.06. The molecule has 0 saturated heterocycles. The monoisotopic (exact) mass is 358 g/mol. The highest BCUT2D eigenvalue weighted by Gasteiger charge is 2.11. The van der Waals surface area contributed by atoms with Gasteiger partial charge in [0.1, 0.15) is 0 Å². The molecule has 1 heterocycles. The van der Waals surface area contributed by atoms with Crippen LogP contribution in [0.25, 0.3) is 11.4 Å². The second-order valence-corrected chi connectivity index (χ2v) is 5.22. The highest BCUT2D eigenvalue weighted by atomic mass is 16.8. The summed E-state index contributed by atoms with van der Waals surface area (Å²) < 4.78 is 1.03. The van der Waals surface area contributed by atoms with Crippen LogP contribution >= 0.6 is 0 Å². The molecule has 5 N–H and O–H groups in total. The predicted molar refractivity (Wildman–Crippen MR) is 89.3 cm³/mol. The van der Waals surface area contributed by atoms with Crippen molar-refractivity contribution in [1.29, 1.82) is 0 Å². The fraction of sp³-hybridized carbons (Fsp3) is 0. The molecular formula is C15H14N6O5. The molecule has 26 heavy (non-hydrogen) atoms. The Balaban J connectivity index is 1.89. The van der Waals surface area contributed by atoms with Crippen molar-refractivity contribution in [1.82, 2.24) is 14.9 Å². The van der Waals surface area contributed by atoms with Gasteiger partial charge in [-0.05, 0) is 29.8 Å². The lowest BCUT2D eigenvalue weighted by atomic mass is 10.2. The Morgan fingerprint density at radius 2 is 1.54 bits per heavy atom. The molecule has 11 nitrogen and oxygen atoms in total. The Labute approximate surface area is 145 Å². The van der Waals surface area contributed by atoms with Crippen LogP contribution in [0.1, 0.15) is 5.56 Å². The molecule has 0 amide bonds. The van der Waals surface area contributed by atoms with Gasteiger partial charge in [0.15, 0.2) is 17.2 Å². The van der Waals surface area contributed by atoms with E-state index < -0.39 is 16.1 Å². The van der Waals surface area contributed by atoms with Gasteiger partial charge in [-0.15, -0.1) is 0 Å². The quantitative estimate of drug-likeness (QED) is 0.288. The van der Waals surface area contributed by atoms with Gasteiger partial charge in [-0.25, -0.2) is 20.3 Å². The normalized spacial score (nSPS) is 13.8. The first-order chi connectivity index (χ1) is 12.5. The molecule has 3 rings (SSSR count). The molecule has 0 spiro atoms. The van der Waals surface area contributed by atoms with Gasteiger partial charge in [0.25, 0.3) is 0 Å². The standard InChI is InChI=1S/C15H14N6O5/c22-15-18-17-14(11-3-7-13(8-4-11)21(25)26)19(15)16-9-10-1-5-12(6-2-10)20(23)24/h1-9,20-21,23,25H,(H,18,22)/b16-9+. The number of hydrogen-bond acceptors (Lipinski definition) is 7. The van der Waals surface area contributed by atoms with Crippen molar-refractivity contribution in [3.63, 3.8) is 0 Å². The zero-order valence-corrected chi connectivity index (χ0v) is 13.2. The average Bonchev–Trinajstić information content (AvgIpc) is 3.01. The number of H-pyrrole nitrogens is 1. The van der Waals surface area contributed by atoms with E-state index >= 15 is 0 Å². The number of benzene rings is 2. The first-order valence-corrected chi connectivity index (χ1v) is 7.34. The van der Waals surface area contributed by atoms with E-state index in [1.54, 1.807) is 12.1 Å². The first kappa shape index (κ1) is 17.6. The van der Waals surface area contributed by atoms with Gasteiger partial charge >= 0.3 is 5.69 Å². The van der Waals surface area contributed by atoms with E-state index in [0.717, 1.165) is 4.68 Å². The van der Waals surface area contributed by atoms with Crippen LogP contribution in [0.15, 0.2) is 58.4 Å². The zero-order chi connectivity index (χ0) is 18.7. The smallest absolute Gasteiger partial charge is 0.364 e. The lowest BCUT2D eigenvalue weighted by Gasteiger charge is -2.11. The second-order valence-electron chi connectivity index (χ2n) is 5.22. The van der Waals surface area contributed by atoms with Crippen LogP contribution in [0.5, 0.6) is 0 Å². The Kier molecular flexibility index (Phi) is 4.99. The molecule has 1 aromatic heterocycles. The largest absolute Gasteiger partial charge is 0.595 e. The van der Waals surface area contributed by atoms with Crippen molar-refractivity contribution < 1.29 is 20.9 Å². The molecule has 0 bridgehead atoms. The SMILES string of the molecule is O=c1[nH]nc(-c2ccc([NH+]([O-])O)cc2)n1/N=C/c1ccc([NH+]([O-])O)cc1. The number of quaternary nitrogens is 2. The predicted octanol–water partition coefficient (Wildman–Crippen LogP) is -1.07. The summed E-state index contributed by atoms with van der Waals surface area (Å²) in [5.74, 6) is 0.213. The van der Waals surface area contributed by atoms with E-state index in [1.807, 2.05) is 0 Å². The minimum Gasteiger partial charge on any atom is -0.595 e. The number of aromatic amines is 1. The van der Waals surface area contributed by atoms with Crippen molar-refractivity contribution in [2.75, 3.05) is 0 Å². The third-order valence-electron chi connectivity index (χ3n) is 3.52. The maximum absolute atomic E-state index is 11.9. The van der Waals surface area contributed by atoms with Crippen LogP contribution in [-0.2, 0) is 0 Å². The summed E-state index contributed by atoms with van der Waals surface area (Å²) in [5, 5.41) is 47.7. The van der Waals surface area contributed by atoms with E-state index in [-0.39, 0.29) is 17.2 Å². The fourth-order valence-corrected chi connectivity index (χ4v) is 2.18. The van der Waals surface area contributed by atoms with Crippen molar-refractivity contribution in [2.45, 2.75) is 0 Å². The van der Waals surface area contributed by atoms with Gasteiger partial charge in [0.05, 0.1) is 6.21 Å². The number of nitrogens with zero attached hydrogens (tertiary/aromatic N) is 3. The molecule has 134 valence electrons. The molecule has 3 aromatic rings. The van der Waals surface area contributed by atoms with Crippen molar-refractivity contribution in [2.24, 2.45) is 5.10 Å². The van der Waals surface area contributed by atoms with Gasteiger partial charge in [0.2, 0.25) is 0 Å². The molecular weight excluding hydrogens is 344 g/mol. The Morgan fingerprint density at radius 3 is 2.08 bits per heavy atom. The van der Waals surface area contributed by atoms with Gasteiger partial charge < -0.3 is 10.4 Å². The van der Waals surface area contributed by atoms with Gasteiger partial charge in [-0.1, -0.05) is 0 Å². The summed E-state index contributed by atoms with van der Waals surface area (Å²) in [6.07, 6.45) is 1.39. The third-order valence-corrected chi connectivity index (χ3v) is 3.52. The van der Waals surface area contributed by atoms with E-state index in [0.29, 0.717) is 11.1 Å². The molecule has 2 atom stereocenters. The molecule has 0 radical (unpaired) electrons. The van der Waals surface area contributed by atoms with E-state index in [1.165, 1.54) is 42.6 Å². The van der Waals surface area contributed by atoms with E-state index in [2.05, 4.69) is 15.3 Å². The molecule has 0 aliphatic heterocycles. The Hall–Kier alpha value is -3.19. The lowest BCUT2D eigenvalue weighted by molar-refractivity contribution is -0.991. The van der Waals surface area contributed by atoms with E-state index in [9.17, 15) is 15.2 Å². The molecule has 2 aromatic carbocycles. The highest BCUT2D eigenvalue weighted by Crippen LogP contribution is 2.16. The van der Waals surface area contributed by atoms with E-state index in [4.69, 9.17) is 10.4 Å². The summed E-state index contributed by atoms with van der Waals surface area (Å²) in [4.78, 5) is 11.9. The van der Waals surface area contributed by atoms with Crippen LogP contribution in [0.2, 0.25) is 0 Å². The molecule has 0 fully saturated rings. The van der Waals surface area contributed by atoms with Crippen LogP contribution < -0.4 is 16.1 Å². The molecule has 0 aliphatic rings. The minimum absolute atomic E-state index is 0.111.